The summed E-state index contributed by atoms with van der Waals surface area (Å²) in [5.74, 6) is 0.327. The fourth-order valence-electron chi connectivity index (χ4n) is 6.03. The first-order valence-electron chi connectivity index (χ1n) is 19.3. The van der Waals surface area contributed by atoms with Crippen LogP contribution in [-0.2, 0) is 20.2 Å². The minimum atomic E-state index is -5.17. The first-order chi connectivity index (χ1) is 30.8. The fourth-order valence-corrected chi connectivity index (χ4v) is 7.43. The van der Waals surface area contributed by atoms with E-state index in [0.29, 0.717) is 11.4 Å². The summed E-state index contributed by atoms with van der Waals surface area (Å²) < 4.78 is 73.5. The molecule has 0 bridgehead atoms. The predicted molar refractivity (Wildman–Crippen MR) is 232 cm³/mol. The van der Waals surface area contributed by atoms with Crippen LogP contribution in [0, 0.1) is 0 Å². The molecule has 336 valence electrons. The Labute approximate surface area is 413 Å². The molecular formula is C40H43KN12O10S2. The summed E-state index contributed by atoms with van der Waals surface area (Å²) in [4.78, 5) is 40.2. The number of aromatic amines is 4. The number of benzene rings is 4. The summed E-state index contributed by atoms with van der Waals surface area (Å²) >= 11 is 0. The number of H-pyrrole nitrogens is 4. The number of anilines is 2. The van der Waals surface area contributed by atoms with Gasteiger partial charge in [0.05, 0.1) is 54.1 Å². The Morgan fingerprint density at radius 2 is 0.923 bits per heavy atom. The van der Waals surface area contributed by atoms with Gasteiger partial charge in [-0.2, -0.15) is 18.4 Å². The quantitative estimate of drug-likeness (QED) is 0.0247. The maximum atomic E-state index is 12.7. The van der Waals surface area contributed by atoms with Crippen LogP contribution < -0.4 is 83.7 Å². The number of para-hydroxylation sites is 2. The van der Waals surface area contributed by atoms with Crippen LogP contribution in [0.15, 0.2) is 127 Å². The Hall–Kier alpha value is -5.26. The van der Waals surface area contributed by atoms with Crippen LogP contribution in [0.4, 0.5) is 34.6 Å². The van der Waals surface area contributed by atoms with Crippen molar-refractivity contribution in [3.63, 3.8) is 0 Å². The number of rotatable bonds is 18. The third-order valence-corrected chi connectivity index (χ3v) is 10.7. The summed E-state index contributed by atoms with van der Waals surface area (Å²) in [6.45, 7) is -0.733. The molecule has 6 aromatic rings. The maximum Gasteiger partial charge on any atom is 1.00 e. The van der Waals surface area contributed by atoms with E-state index < -0.39 is 30.0 Å². The number of nitrogens with one attached hydrogen (secondary N) is 4. The molecule has 2 aromatic heterocycles. The van der Waals surface area contributed by atoms with Crippen LogP contribution >= 0.6 is 0 Å². The maximum absolute atomic E-state index is 12.7. The Morgan fingerprint density at radius 1 is 0.538 bits per heavy atom. The van der Waals surface area contributed by atoms with Crippen molar-refractivity contribution in [2.45, 2.75) is 9.79 Å². The van der Waals surface area contributed by atoms with E-state index in [1.54, 1.807) is 64.4 Å². The van der Waals surface area contributed by atoms with Gasteiger partial charge in [0.2, 0.25) is 34.4 Å². The van der Waals surface area contributed by atoms with Crippen molar-refractivity contribution in [2.24, 2.45) is 20.0 Å². The number of aromatic nitrogens is 6. The topological polar surface area (TPSA) is 337 Å². The molecule has 0 amide bonds. The Bertz CT molecular complexity index is 2890. The van der Waals surface area contributed by atoms with Crippen molar-refractivity contribution in [3.8, 4) is 0 Å². The largest absolute Gasteiger partial charge is 1.00 e. The average Bonchev–Trinajstić information content (AvgIpc) is 3.26. The Kier molecular flexibility index (Phi) is 18.6. The van der Waals surface area contributed by atoms with Gasteiger partial charge in [-0.1, -0.05) is 60.7 Å². The molecule has 0 saturated carbocycles. The van der Waals surface area contributed by atoms with Gasteiger partial charge in [-0.3, -0.25) is 24.5 Å². The van der Waals surface area contributed by atoms with E-state index >= 15 is 0 Å². The first kappa shape index (κ1) is 50.7. The van der Waals surface area contributed by atoms with E-state index in [1.165, 1.54) is 36.4 Å². The van der Waals surface area contributed by atoms with Crippen molar-refractivity contribution in [3.05, 3.63) is 131 Å². The van der Waals surface area contributed by atoms with Gasteiger partial charge < -0.3 is 34.8 Å². The van der Waals surface area contributed by atoms with E-state index in [4.69, 9.17) is 0 Å². The van der Waals surface area contributed by atoms with Crippen molar-refractivity contribution in [1.82, 2.24) is 29.9 Å². The smallest absolute Gasteiger partial charge is 0.744 e. The molecule has 2 heterocycles. The molecule has 6 rings (SSSR count). The summed E-state index contributed by atoms with van der Waals surface area (Å²) in [5.41, 5.74) is 1.03. The molecule has 0 saturated heterocycles. The van der Waals surface area contributed by atoms with Crippen molar-refractivity contribution in [1.29, 1.82) is 0 Å². The molecule has 0 unspecified atom stereocenters. The van der Waals surface area contributed by atoms with Crippen molar-refractivity contribution in [2.75, 3.05) is 62.4 Å². The zero-order valence-electron chi connectivity index (χ0n) is 34.7. The van der Waals surface area contributed by atoms with Gasteiger partial charge in [-0.05, 0) is 59.7 Å². The molecule has 65 heavy (non-hydrogen) atoms. The van der Waals surface area contributed by atoms with Gasteiger partial charge in [0.25, 0.3) is 10.1 Å². The standard InChI is InChI=1S/C40H44N12O10S2.K/c53-21-17-51(18-22-54)39-47-35(41-29-7-3-1-4-8-29)45-37(49-39)43-31-15-13-27(33(25-31)63(57,58)59)11-12-28-14-16-32(26-34(28)64(60,61)62)44-38-46-36(42-30-9-5-2-6-10-30)48-40(50-38)52(19-23-55)20-24-56;/h1-16,25-26,53-56H,17-24H2,(H,57,58,59)(H,60,61,62)(H2,41,43,45,47,49)(H2,42,44,46,48,50);/q;+1/p-1/b12-11+;. The zero-order valence-corrected chi connectivity index (χ0v) is 39.5. The number of nitrogens with zero attached hydrogens (tertiary/aromatic N) is 8. The van der Waals surface area contributed by atoms with Crippen LogP contribution in [0.25, 0.3) is 12.2 Å². The van der Waals surface area contributed by atoms with Gasteiger partial charge in [0, 0.05) is 26.2 Å². The number of aliphatic hydroxyl groups is 4. The van der Waals surface area contributed by atoms with Crippen LogP contribution in [0.2, 0.25) is 0 Å². The predicted octanol–water partition coefficient (Wildman–Crippen LogP) is -2.37. The second-order valence-corrected chi connectivity index (χ2v) is 16.1. The van der Waals surface area contributed by atoms with Crippen LogP contribution in [0.5, 0.6) is 0 Å². The zero-order chi connectivity index (χ0) is 45.7. The van der Waals surface area contributed by atoms with E-state index in [-0.39, 0.29) is 161 Å². The molecule has 0 aliphatic heterocycles. The van der Waals surface area contributed by atoms with E-state index in [2.05, 4.69) is 49.9 Å². The minimum Gasteiger partial charge on any atom is -0.744 e. The summed E-state index contributed by atoms with van der Waals surface area (Å²) in [6.07, 6.45) is 2.38. The van der Waals surface area contributed by atoms with Gasteiger partial charge in [-0.25, -0.2) is 28.4 Å². The Balaban J connectivity index is 0.00000793. The van der Waals surface area contributed by atoms with Crippen LogP contribution in [-0.4, -0.2) is 129 Å². The third-order valence-electron chi connectivity index (χ3n) is 8.87. The SMILES string of the molecule is O=S(=O)([O-])c1cc(N=c2[nH]c(N(CCO)CCO)nc(=Nc3ccccc3)[nH]2)ccc1/C=C/c1ccc(N=c2[nH]c(N(CCO)CCO)nc(=Nc3ccccc3)[nH]2)cc1S(=O)(=O)O.[K+]. The van der Waals surface area contributed by atoms with Gasteiger partial charge >= 0.3 is 51.4 Å². The molecule has 25 heteroatoms. The monoisotopic (exact) mass is 954 g/mol. The number of aliphatic hydroxyl groups excluding tert-OH is 4. The minimum absolute atomic E-state index is 0. The summed E-state index contributed by atoms with van der Waals surface area (Å²) in [6, 6.07) is 25.1. The second kappa shape index (κ2) is 23.8. The van der Waals surface area contributed by atoms with Gasteiger partial charge in [0.15, 0.2) is 0 Å². The second-order valence-electron chi connectivity index (χ2n) is 13.4. The summed E-state index contributed by atoms with van der Waals surface area (Å²) in [5, 5.41) is 38.5. The Morgan fingerprint density at radius 3 is 1.29 bits per heavy atom. The van der Waals surface area contributed by atoms with E-state index in [1.807, 2.05) is 6.07 Å². The molecule has 4 aromatic carbocycles. The molecule has 0 aliphatic carbocycles. The molecule has 22 nitrogen and oxygen atoms in total. The molecule has 0 spiro atoms. The number of hydrogen-bond acceptors (Lipinski definition) is 17. The first-order valence-corrected chi connectivity index (χ1v) is 22.1. The van der Waals surface area contributed by atoms with Crippen LogP contribution in [0.1, 0.15) is 11.1 Å². The fraction of sp³-hybridized carbons (Fsp3) is 0.200. The van der Waals surface area contributed by atoms with Crippen LogP contribution in [0.3, 0.4) is 0 Å². The van der Waals surface area contributed by atoms with Crippen molar-refractivity contribution < 1.29 is 97.8 Å². The van der Waals surface area contributed by atoms with E-state index in [9.17, 15) is 46.4 Å². The molecular weight excluding hydrogens is 912 g/mol. The molecule has 0 fully saturated rings. The van der Waals surface area contributed by atoms with Crippen molar-refractivity contribution >= 4 is 67.0 Å². The molecule has 0 radical (unpaired) electrons. The normalized spacial score (nSPS) is 13.1. The molecule has 0 atom stereocenters. The van der Waals surface area contributed by atoms with Gasteiger partial charge in [-0.15, -0.1) is 0 Å². The third kappa shape index (κ3) is 14.6. The van der Waals surface area contributed by atoms with E-state index in [0.717, 1.165) is 12.1 Å². The average molecular weight is 955 g/mol. The van der Waals surface area contributed by atoms with Gasteiger partial charge in [0.1, 0.15) is 15.0 Å². The molecule has 0 aliphatic rings. The summed E-state index contributed by atoms with van der Waals surface area (Å²) in [7, 11) is -10.1. The molecule has 9 N–H and O–H groups in total. The number of hydrogen-bond donors (Lipinski definition) is 9.